The molecule has 4 N–H and O–H groups in total. The fraction of sp³-hybridized carbons (Fsp3) is 0.308. The average molecular weight is 327 g/mol. The normalized spacial score (nSPS) is 29.0. The number of hydrogen-bond acceptors (Lipinski definition) is 6. The predicted molar refractivity (Wildman–Crippen MR) is 83.2 cm³/mol. The number of hydrogen-bond donors (Lipinski definition) is 4. The summed E-state index contributed by atoms with van der Waals surface area (Å²) in [6.45, 7) is 3.91. The van der Waals surface area contributed by atoms with Gasteiger partial charge in [0.15, 0.2) is 0 Å². The monoisotopic (exact) mass is 326 g/mol. The number of thiocarbonyl (C=S) groups is 1. The number of alkyl halides is 1. The number of nitrogens with zero attached hydrogens (tertiary/aromatic N) is 2. The lowest BCUT2D eigenvalue weighted by Crippen LogP contribution is -2.48. The van der Waals surface area contributed by atoms with Gasteiger partial charge in [-0.15, -0.1) is 5.53 Å². The minimum Gasteiger partial charge on any atom is -0.508 e. The van der Waals surface area contributed by atoms with E-state index in [1.54, 1.807) is 16.1 Å². The molecule has 1 atom stereocenters. The first-order valence-electron chi connectivity index (χ1n) is 6.37. The van der Waals surface area contributed by atoms with Gasteiger partial charge >= 0.3 is 0 Å². The SMILES string of the molecule is CC1=C(C)C(=S)N2NN(C3=CC=C(O)[C@@](O)(Cl)C3)C=C2N1. The van der Waals surface area contributed by atoms with Gasteiger partial charge in [-0.3, -0.25) is 5.01 Å². The summed E-state index contributed by atoms with van der Waals surface area (Å²) in [5, 5.41) is 24.4. The second-order valence-corrected chi connectivity index (χ2v) is 6.16. The number of fused-ring (bicyclic) bond motifs is 1. The van der Waals surface area contributed by atoms with E-state index in [1.165, 1.54) is 6.08 Å². The fourth-order valence-electron chi connectivity index (χ4n) is 2.23. The summed E-state index contributed by atoms with van der Waals surface area (Å²) in [6, 6.07) is 0. The number of nitrogens with one attached hydrogen (secondary N) is 2. The first-order chi connectivity index (χ1) is 9.79. The summed E-state index contributed by atoms with van der Waals surface area (Å²) in [6.07, 6.45) is 4.95. The largest absolute Gasteiger partial charge is 0.508 e. The number of hydrazine groups is 2. The maximum absolute atomic E-state index is 9.94. The van der Waals surface area contributed by atoms with Crippen molar-refractivity contribution in [3.63, 3.8) is 0 Å². The summed E-state index contributed by atoms with van der Waals surface area (Å²) in [7, 11) is 0. The Morgan fingerprint density at radius 1 is 1.38 bits per heavy atom. The van der Waals surface area contributed by atoms with Crippen LogP contribution in [0, 0.1) is 0 Å². The highest BCUT2D eigenvalue weighted by atomic mass is 35.5. The zero-order chi connectivity index (χ0) is 15.4. The quantitative estimate of drug-likeness (QED) is 0.432. The molecule has 0 unspecified atom stereocenters. The van der Waals surface area contributed by atoms with E-state index < -0.39 is 5.06 Å². The van der Waals surface area contributed by atoms with Gasteiger partial charge in [0, 0.05) is 23.4 Å². The third kappa shape index (κ3) is 2.32. The molecule has 0 saturated heterocycles. The molecule has 0 aromatic carbocycles. The van der Waals surface area contributed by atoms with Crippen LogP contribution >= 0.6 is 23.8 Å². The Bertz CT molecular complexity index is 651. The molecule has 0 spiro atoms. The molecule has 0 aromatic heterocycles. The van der Waals surface area contributed by atoms with Crippen LogP contribution in [0.25, 0.3) is 0 Å². The van der Waals surface area contributed by atoms with Gasteiger partial charge < -0.3 is 15.5 Å². The van der Waals surface area contributed by atoms with Gasteiger partial charge in [-0.1, -0.05) is 23.8 Å². The highest BCUT2D eigenvalue weighted by Gasteiger charge is 2.37. The molecular formula is C13H15ClN4O2S. The molecule has 3 aliphatic rings. The van der Waals surface area contributed by atoms with Crippen LogP contribution in [0.3, 0.4) is 0 Å². The van der Waals surface area contributed by atoms with E-state index in [2.05, 4.69) is 10.9 Å². The molecule has 2 aliphatic heterocycles. The molecule has 0 bridgehead atoms. The van der Waals surface area contributed by atoms with Crippen molar-refractivity contribution in [2.45, 2.75) is 25.3 Å². The molecule has 0 saturated carbocycles. The van der Waals surface area contributed by atoms with Crippen LogP contribution < -0.4 is 10.9 Å². The lowest BCUT2D eigenvalue weighted by atomic mass is 10.1. The minimum atomic E-state index is -1.79. The Labute approximate surface area is 132 Å². The smallest absolute Gasteiger partial charge is 0.201 e. The lowest BCUT2D eigenvalue weighted by molar-refractivity contribution is 0.0977. The number of allylic oxidation sites excluding steroid dienone is 3. The molecule has 2 heterocycles. The summed E-state index contributed by atoms with van der Waals surface area (Å²) in [4.78, 5) is 0.677. The summed E-state index contributed by atoms with van der Waals surface area (Å²) in [5.41, 5.74) is 5.79. The van der Waals surface area contributed by atoms with Gasteiger partial charge in [-0.05, 0) is 26.0 Å². The molecule has 6 nitrogen and oxygen atoms in total. The van der Waals surface area contributed by atoms with E-state index in [4.69, 9.17) is 23.8 Å². The van der Waals surface area contributed by atoms with Crippen LogP contribution in [0.15, 0.2) is 46.9 Å². The van der Waals surface area contributed by atoms with Crippen LogP contribution in [0.2, 0.25) is 0 Å². The second kappa shape index (κ2) is 4.74. The van der Waals surface area contributed by atoms with E-state index in [0.717, 1.165) is 17.1 Å². The maximum atomic E-state index is 9.94. The highest BCUT2D eigenvalue weighted by Crippen LogP contribution is 2.34. The Morgan fingerprint density at radius 2 is 2.10 bits per heavy atom. The molecule has 1 aliphatic carbocycles. The molecule has 0 amide bonds. The van der Waals surface area contributed by atoms with E-state index in [0.29, 0.717) is 10.7 Å². The fourth-order valence-corrected chi connectivity index (χ4v) is 2.72. The highest BCUT2D eigenvalue weighted by molar-refractivity contribution is 7.80. The van der Waals surface area contributed by atoms with Crippen molar-refractivity contribution < 1.29 is 10.2 Å². The molecule has 3 rings (SSSR count). The Morgan fingerprint density at radius 3 is 2.76 bits per heavy atom. The third-order valence-electron chi connectivity index (χ3n) is 3.65. The number of halogens is 1. The molecule has 0 aromatic rings. The second-order valence-electron chi connectivity index (χ2n) is 5.15. The minimum absolute atomic E-state index is 0.0691. The van der Waals surface area contributed by atoms with E-state index >= 15 is 0 Å². The Balaban J connectivity index is 1.86. The van der Waals surface area contributed by atoms with E-state index in [-0.39, 0.29) is 12.2 Å². The molecule has 0 fully saturated rings. The van der Waals surface area contributed by atoms with Gasteiger partial charge in [-0.2, -0.15) is 0 Å². The summed E-state index contributed by atoms with van der Waals surface area (Å²) in [5.74, 6) is 0.528. The molecule has 112 valence electrons. The van der Waals surface area contributed by atoms with E-state index in [9.17, 15) is 10.2 Å². The zero-order valence-corrected chi connectivity index (χ0v) is 13.1. The van der Waals surface area contributed by atoms with Crippen LogP contribution in [0.5, 0.6) is 0 Å². The van der Waals surface area contributed by atoms with Crippen molar-refractivity contribution in [1.29, 1.82) is 0 Å². The number of aliphatic hydroxyl groups excluding tert-OH is 1. The standard InChI is InChI=1S/C13H15ClN4O2S/c1-7-8(2)15-11-6-17(16-18(11)12(7)21)9-3-4-10(19)13(14,20)5-9/h3-4,6,15-16,19-20H,5H2,1-2H3/t13-/m1/s1. The first kappa shape index (κ1) is 14.4. The van der Waals surface area contributed by atoms with Gasteiger partial charge in [0.05, 0.1) is 6.20 Å². The first-order valence-corrected chi connectivity index (χ1v) is 7.16. The van der Waals surface area contributed by atoms with Crippen molar-refractivity contribution in [3.8, 4) is 0 Å². The van der Waals surface area contributed by atoms with E-state index in [1.807, 2.05) is 20.0 Å². The number of aliphatic hydroxyl groups is 2. The van der Waals surface area contributed by atoms with Crippen molar-refractivity contribution >= 4 is 28.8 Å². The molecule has 0 radical (unpaired) electrons. The topological polar surface area (TPSA) is 71.0 Å². The predicted octanol–water partition coefficient (Wildman–Crippen LogP) is 1.70. The summed E-state index contributed by atoms with van der Waals surface area (Å²) >= 11 is 11.3. The molecular weight excluding hydrogens is 312 g/mol. The van der Waals surface area contributed by atoms with Crippen molar-refractivity contribution in [3.05, 3.63) is 46.9 Å². The Hall–Kier alpha value is -1.54. The van der Waals surface area contributed by atoms with Crippen LogP contribution in [0.1, 0.15) is 20.3 Å². The van der Waals surface area contributed by atoms with Crippen molar-refractivity contribution in [2.24, 2.45) is 0 Å². The Kier molecular flexibility index (Phi) is 3.25. The summed E-state index contributed by atoms with van der Waals surface area (Å²) < 4.78 is 0. The van der Waals surface area contributed by atoms with Crippen molar-refractivity contribution in [2.75, 3.05) is 0 Å². The zero-order valence-electron chi connectivity index (χ0n) is 11.5. The third-order valence-corrected chi connectivity index (χ3v) is 4.47. The lowest BCUT2D eigenvalue weighted by Gasteiger charge is -2.32. The van der Waals surface area contributed by atoms with Crippen LogP contribution in [0.4, 0.5) is 0 Å². The van der Waals surface area contributed by atoms with Gasteiger partial charge in [0.2, 0.25) is 5.06 Å². The molecule has 21 heavy (non-hydrogen) atoms. The maximum Gasteiger partial charge on any atom is 0.201 e. The van der Waals surface area contributed by atoms with Gasteiger partial charge in [0.25, 0.3) is 0 Å². The van der Waals surface area contributed by atoms with Crippen LogP contribution in [-0.4, -0.2) is 30.3 Å². The number of rotatable bonds is 1. The van der Waals surface area contributed by atoms with Crippen molar-refractivity contribution in [1.82, 2.24) is 20.9 Å². The van der Waals surface area contributed by atoms with Gasteiger partial charge in [-0.25, -0.2) is 5.01 Å². The van der Waals surface area contributed by atoms with Gasteiger partial charge in [0.1, 0.15) is 16.6 Å². The molecule has 8 heteroatoms. The average Bonchev–Trinajstić information content (AvgIpc) is 2.83. The van der Waals surface area contributed by atoms with Crippen LogP contribution in [-0.2, 0) is 0 Å².